The number of hydrogen-bond acceptors (Lipinski definition) is 2. The van der Waals surface area contributed by atoms with Gasteiger partial charge in [0.1, 0.15) is 0 Å². The van der Waals surface area contributed by atoms with Crippen LogP contribution in [0.5, 0.6) is 0 Å². The van der Waals surface area contributed by atoms with Crippen LogP contribution in [0.1, 0.15) is 20.3 Å². The quantitative estimate of drug-likeness (QED) is 0.564. The van der Waals surface area contributed by atoms with Crippen LogP contribution in [0.2, 0.25) is 0 Å². The minimum absolute atomic E-state index is 0.110. The predicted octanol–water partition coefficient (Wildman–Crippen LogP) is 0.613. The van der Waals surface area contributed by atoms with Crippen molar-refractivity contribution in [1.29, 1.82) is 0 Å². The van der Waals surface area contributed by atoms with Gasteiger partial charge in [0.25, 0.3) is 0 Å². The lowest BCUT2D eigenvalue weighted by Crippen LogP contribution is -2.41. The Labute approximate surface area is 62.6 Å². The van der Waals surface area contributed by atoms with Gasteiger partial charge in [0, 0.05) is 6.54 Å². The Morgan fingerprint density at radius 1 is 1.40 bits per heavy atom. The van der Waals surface area contributed by atoms with Gasteiger partial charge in [-0.2, -0.15) is 0 Å². The van der Waals surface area contributed by atoms with Crippen LogP contribution in [-0.4, -0.2) is 24.3 Å². The molecule has 2 N–H and O–H groups in total. The maximum absolute atomic E-state index is 9.27. The zero-order valence-electron chi connectivity index (χ0n) is 6.80. The summed E-state index contributed by atoms with van der Waals surface area (Å²) >= 11 is 0. The molecule has 1 heterocycles. The zero-order valence-corrected chi connectivity index (χ0v) is 6.80. The van der Waals surface area contributed by atoms with E-state index in [2.05, 4.69) is 19.2 Å². The van der Waals surface area contributed by atoms with Gasteiger partial charge in [-0.05, 0) is 24.8 Å². The highest BCUT2D eigenvalue weighted by molar-refractivity contribution is 4.76. The van der Waals surface area contributed by atoms with Crippen LogP contribution in [0.3, 0.4) is 0 Å². The van der Waals surface area contributed by atoms with Gasteiger partial charge in [0.15, 0.2) is 0 Å². The average molecular weight is 143 g/mol. The first kappa shape index (κ1) is 8.02. The molecular formula is C8H17NO. The highest BCUT2D eigenvalue weighted by Crippen LogP contribution is 2.18. The number of nitrogens with one attached hydrogen (secondary N) is 1. The third kappa shape index (κ3) is 1.96. The van der Waals surface area contributed by atoms with E-state index in [0.29, 0.717) is 11.8 Å². The second kappa shape index (κ2) is 3.35. The highest BCUT2D eigenvalue weighted by Gasteiger charge is 2.21. The monoisotopic (exact) mass is 143 g/mol. The second-order valence-corrected chi connectivity index (χ2v) is 3.55. The Morgan fingerprint density at radius 3 is 2.50 bits per heavy atom. The molecule has 0 bridgehead atoms. The second-order valence-electron chi connectivity index (χ2n) is 3.55. The summed E-state index contributed by atoms with van der Waals surface area (Å²) in [5, 5.41) is 12.5. The smallest absolute Gasteiger partial charge is 0.0667 e. The highest BCUT2D eigenvalue weighted by atomic mass is 16.3. The van der Waals surface area contributed by atoms with Gasteiger partial charge in [-0.15, -0.1) is 0 Å². The Bertz CT molecular complexity index is 103. The summed E-state index contributed by atoms with van der Waals surface area (Å²) < 4.78 is 0. The molecule has 0 aromatic rings. The van der Waals surface area contributed by atoms with E-state index in [1.165, 1.54) is 0 Å². The van der Waals surface area contributed by atoms with E-state index in [1.54, 1.807) is 0 Å². The first-order chi connectivity index (χ1) is 4.70. The van der Waals surface area contributed by atoms with Crippen molar-refractivity contribution < 1.29 is 5.11 Å². The Hall–Kier alpha value is -0.0800. The molecule has 0 saturated carbocycles. The molecule has 0 spiro atoms. The molecule has 1 fully saturated rings. The Kier molecular flexibility index (Phi) is 2.69. The Morgan fingerprint density at radius 2 is 2.10 bits per heavy atom. The number of piperidine rings is 1. The van der Waals surface area contributed by atoms with Crippen LogP contribution >= 0.6 is 0 Å². The molecule has 0 aromatic heterocycles. The fourth-order valence-corrected chi connectivity index (χ4v) is 1.46. The van der Waals surface area contributed by atoms with Crippen molar-refractivity contribution in [3.8, 4) is 0 Å². The largest absolute Gasteiger partial charge is 0.392 e. The van der Waals surface area contributed by atoms with E-state index in [0.717, 1.165) is 19.5 Å². The molecule has 1 aliphatic rings. The molecule has 10 heavy (non-hydrogen) atoms. The van der Waals surface area contributed by atoms with Crippen LogP contribution in [0.15, 0.2) is 0 Å². The minimum atomic E-state index is -0.110. The van der Waals surface area contributed by atoms with Crippen LogP contribution in [0.4, 0.5) is 0 Å². The topological polar surface area (TPSA) is 32.3 Å². The maximum Gasteiger partial charge on any atom is 0.0667 e. The molecular weight excluding hydrogens is 126 g/mol. The van der Waals surface area contributed by atoms with Gasteiger partial charge >= 0.3 is 0 Å². The molecule has 0 radical (unpaired) electrons. The van der Waals surface area contributed by atoms with E-state index in [1.807, 2.05) is 0 Å². The van der Waals surface area contributed by atoms with Crippen molar-refractivity contribution in [1.82, 2.24) is 5.32 Å². The third-order valence-electron chi connectivity index (χ3n) is 2.30. The Balaban J connectivity index is 2.32. The molecule has 0 unspecified atom stereocenters. The summed E-state index contributed by atoms with van der Waals surface area (Å²) in [6, 6.07) is 0. The first-order valence-corrected chi connectivity index (χ1v) is 4.09. The van der Waals surface area contributed by atoms with E-state index in [4.69, 9.17) is 0 Å². The molecule has 1 aliphatic heterocycles. The lowest BCUT2D eigenvalue weighted by molar-refractivity contribution is 0.0990. The number of rotatable bonds is 1. The molecule has 2 heteroatoms. The molecule has 0 aromatic carbocycles. The van der Waals surface area contributed by atoms with Crippen LogP contribution in [0, 0.1) is 11.8 Å². The molecule has 60 valence electrons. The van der Waals surface area contributed by atoms with Crippen molar-refractivity contribution in [2.45, 2.75) is 26.4 Å². The van der Waals surface area contributed by atoms with Crippen LogP contribution in [0.25, 0.3) is 0 Å². The molecule has 1 saturated heterocycles. The summed E-state index contributed by atoms with van der Waals surface area (Å²) in [6.07, 6.45) is 0.867. The van der Waals surface area contributed by atoms with Crippen LogP contribution in [-0.2, 0) is 0 Å². The summed E-state index contributed by atoms with van der Waals surface area (Å²) in [5.41, 5.74) is 0. The van der Waals surface area contributed by atoms with E-state index >= 15 is 0 Å². The normalized spacial score (nSPS) is 34.8. The SMILES string of the molecule is CC(C)[C@@H]1CNC[C@H](O)C1. The molecule has 1 rings (SSSR count). The number of aliphatic hydroxyl groups is 1. The van der Waals surface area contributed by atoms with Gasteiger partial charge in [-0.3, -0.25) is 0 Å². The van der Waals surface area contributed by atoms with E-state index in [-0.39, 0.29) is 6.10 Å². The fraction of sp³-hybridized carbons (Fsp3) is 1.00. The van der Waals surface area contributed by atoms with Gasteiger partial charge in [0.2, 0.25) is 0 Å². The van der Waals surface area contributed by atoms with Gasteiger partial charge in [-0.1, -0.05) is 13.8 Å². The summed E-state index contributed by atoms with van der Waals surface area (Å²) in [7, 11) is 0. The predicted molar refractivity (Wildman–Crippen MR) is 41.8 cm³/mol. The van der Waals surface area contributed by atoms with E-state index < -0.39 is 0 Å². The maximum atomic E-state index is 9.27. The number of hydrogen-bond donors (Lipinski definition) is 2. The van der Waals surface area contributed by atoms with Crippen molar-refractivity contribution in [2.75, 3.05) is 13.1 Å². The van der Waals surface area contributed by atoms with Gasteiger partial charge in [-0.25, -0.2) is 0 Å². The lowest BCUT2D eigenvalue weighted by Gasteiger charge is -2.29. The van der Waals surface area contributed by atoms with Crippen molar-refractivity contribution in [3.63, 3.8) is 0 Å². The molecule has 0 amide bonds. The standard InChI is InChI=1S/C8H17NO/c1-6(2)7-3-8(10)5-9-4-7/h6-10H,3-5H2,1-2H3/t7-,8+/m0/s1. The summed E-state index contributed by atoms with van der Waals surface area (Å²) in [5.74, 6) is 1.37. The number of β-amino-alcohol motifs (C(OH)–C–C–N with tert-alkyl or cyclic N) is 1. The molecule has 2 atom stereocenters. The van der Waals surface area contributed by atoms with Crippen molar-refractivity contribution in [2.24, 2.45) is 11.8 Å². The van der Waals surface area contributed by atoms with E-state index in [9.17, 15) is 5.11 Å². The third-order valence-corrected chi connectivity index (χ3v) is 2.30. The minimum Gasteiger partial charge on any atom is -0.392 e. The summed E-state index contributed by atoms with van der Waals surface area (Å²) in [4.78, 5) is 0. The zero-order chi connectivity index (χ0) is 7.56. The number of aliphatic hydroxyl groups excluding tert-OH is 1. The average Bonchev–Trinajstić information content (AvgIpc) is 1.88. The van der Waals surface area contributed by atoms with Crippen molar-refractivity contribution in [3.05, 3.63) is 0 Å². The van der Waals surface area contributed by atoms with Crippen LogP contribution < -0.4 is 5.32 Å². The van der Waals surface area contributed by atoms with Gasteiger partial charge < -0.3 is 10.4 Å². The fourth-order valence-electron chi connectivity index (χ4n) is 1.46. The molecule has 2 nitrogen and oxygen atoms in total. The lowest BCUT2D eigenvalue weighted by atomic mass is 9.88. The molecule has 0 aliphatic carbocycles. The summed E-state index contributed by atoms with van der Waals surface area (Å²) in [6.45, 7) is 6.28. The van der Waals surface area contributed by atoms with Crippen molar-refractivity contribution >= 4 is 0 Å². The first-order valence-electron chi connectivity index (χ1n) is 4.09. The van der Waals surface area contributed by atoms with Gasteiger partial charge in [0.05, 0.1) is 6.10 Å².